The van der Waals surface area contributed by atoms with Crippen molar-refractivity contribution < 1.29 is 9.59 Å². The van der Waals surface area contributed by atoms with Gasteiger partial charge in [0, 0.05) is 17.3 Å². The maximum Gasteiger partial charge on any atom is 0.240 e. The molecule has 5 nitrogen and oxygen atoms in total. The molecule has 0 aliphatic rings. The number of anilines is 1. The Bertz CT molecular complexity index is 791. The maximum atomic E-state index is 11.9. The molecule has 0 radical (unpaired) electrons. The van der Waals surface area contributed by atoms with E-state index in [1.807, 2.05) is 24.3 Å². The van der Waals surface area contributed by atoms with Crippen LogP contribution in [0, 0.1) is 0 Å². The molecule has 0 spiro atoms. The molecule has 0 saturated carbocycles. The first kappa shape index (κ1) is 19.1. The highest BCUT2D eigenvalue weighted by molar-refractivity contribution is 9.10. The average Bonchev–Trinajstić information content (AvgIpc) is 2.60. The summed E-state index contributed by atoms with van der Waals surface area (Å²) in [5, 5.41) is 7.17. The van der Waals surface area contributed by atoms with Crippen LogP contribution < -0.4 is 10.7 Å². The molecule has 0 atom stereocenters. The minimum atomic E-state index is -0.328. The number of rotatable bonds is 6. The third-order valence-electron chi connectivity index (χ3n) is 3.34. The predicted octanol–water partition coefficient (Wildman–Crippen LogP) is 4.36. The Balaban J connectivity index is 1.80. The van der Waals surface area contributed by atoms with E-state index in [0.29, 0.717) is 16.4 Å². The van der Waals surface area contributed by atoms with Gasteiger partial charge in [0.2, 0.25) is 11.8 Å². The van der Waals surface area contributed by atoms with E-state index in [0.717, 1.165) is 10.0 Å². The average molecular weight is 423 g/mol. The van der Waals surface area contributed by atoms with E-state index in [1.54, 1.807) is 31.2 Å². The molecule has 0 heterocycles. The molecule has 0 bridgehead atoms. The molecular formula is C18H17BrClN3O2. The van der Waals surface area contributed by atoms with Crippen LogP contribution in [-0.4, -0.2) is 17.5 Å². The van der Waals surface area contributed by atoms with E-state index < -0.39 is 0 Å². The Morgan fingerprint density at radius 3 is 2.36 bits per heavy atom. The van der Waals surface area contributed by atoms with E-state index in [2.05, 4.69) is 31.8 Å². The summed E-state index contributed by atoms with van der Waals surface area (Å²) in [7, 11) is 0. The molecule has 0 aliphatic heterocycles. The summed E-state index contributed by atoms with van der Waals surface area (Å²) in [5.74, 6) is -0.609. The first-order chi connectivity index (χ1) is 12.0. The summed E-state index contributed by atoms with van der Waals surface area (Å²) >= 11 is 9.33. The number of hydrogen-bond acceptors (Lipinski definition) is 3. The summed E-state index contributed by atoms with van der Waals surface area (Å²) in [6, 6.07) is 14.5. The quantitative estimate of drug-likeness (QED) is 0.536. The molecule has 0 fully saturated rings. The van der Waals surface area contributed by atoms with E-state index >= 15 is 0 Å². The largest absolute Gasteiger partial charge is 0.325 e. The van der Waals surface area contributed by atoms with Gasteiger partial charge in [-0.15, -0.1) is 0 Å². The number of halogens is 2. The molecule has 0 aromatic heterocycles. The number of benzene rings is 2. The van der Waals surface area contributed by atoms with Gasteiger partial charge in [0.15, 0.2) is 0 Å². The van der Waals surface area contributed by atoms with E-state index in [4.69, 9.17) is 11.6 Å². The van der Waals surface area contributed by atoms with Gasteiger partial charge in [-0.1, -0.05) is 51.8 Å². The zero-order valence-electron chi connectivity index (χ0n) is 13.6. The van der Waals surface area contributed by atoms with Crippen molar-refractivity contribution in [3.8, 4) is 0 Å². The number of carbonyl (C=O) groups excluding carboxylic acids is 2. The lowest BCUT2D eigenvalue weighted by molar-refractivity contribution is -0.124. The SMILES string of the molecule is CC(=NNC(=O)CCC(=O)Nc1ccccc1Cl)c1ccc(Br)cc1. The van der Waals surface area contributed by atoms with Gasteiger partial charge in [-0.05, 0) is 36.8 Å². The lowest BCUT2D eigenvalue weighted by atomic mass is 10.1. The number of carbonyl (C=O) groups is 2. The maximum absolute atomic E-state index is 11.9. The molecule has 2 N–H and O–H groups in total. The minimum absolute atomic E-state index is 0.0351. The van der Waals surface area contributed by atoms with E-state index in [1.165, 1.54) is 0 Å². The van der Waals surface area contributed by atoms with Gasteiger partial charge in [-0.2, -0.15) is 5.10 Å². The molecule has 0 saturated heterocycles. The second-order valence-corrected chi connectivity index (χ2v) is 6.59. The molecule has 2 aromatic rings. The molecule has 130 valence electrons. The Labute approximate surface area is 159 Å². The summed E-state index contributed by atoms with van der Waals surface area (Å²) in [6.07, 6.45) is 0.0807. The molecule has 2 rings (SSSR count). The molecule has 2 aromatic carbocycles. The molecule has 7 heteroatoms. The zero-order valence-corrected chi connectivity index (χ0v) is 15.9. The van der Waals surface area contributed by atoms with Crippen LogP contribution in [0.1, 0.15) is 25.3 Å². The Morgan fingerprint density at radius 2 is 1.68 bits per heavy atom. The van der Waals surface area contributed by atoms with Crippen LogP contribution in [-0.2, 0) is 9.59 Å². The molecular weight excluding hydrogens is 406 g/mol. The number of hydrazone groups is 1. The first-order valence-corrected chi connectivity index (χ1v) is 8.76. The molecule has 25 heavy (non-hydrogen) atoms. The fraction of sp³-hybridized carbons (Fsp3) is 0.167. The Hall–Kier alpha value is -2.18. The van der Waals surface area contributed by atoms with Crippen LogP contribution >= 0.6 is 27.5 Å². The van der Waals surface area contributed by atoms with Crippen molar-refractivity contribution >= 4 is 50.7 Å². The van der Waals surface area contributed by atoms with Crippen molar-refractivity contribution in [2.75, 3.05) is 5.32 Å². The highest BCUT2D eigenvalue weighted by atomic mass is 79.9. The van der Waals surface area contributed by atoms with Crippen molar-refractivity contribution in [1.82, 2.24) is 5.43 Å². The van der Waals surface area contributed by atoms with Crippen molar-refractivity contribution in [2.24, 2.45) is 5.10 Å². The number of nitrogens with zero attached hydrogens (tertiary/aromatic N) is 1. The predicted molar refractivity (Wildman–Crippen MR) is 104 cm³/mol. The smallest absolute Gasteiger partial charge is 0.240 e. The fourth-order valence-electron chi connectivity index (χ4n) is 1.96. The van der Waals surface area contributed by atoms with Crippen LogP contribution in [0.2, 0.25) is 5.02 Å². The summed E-state index contributed by atoms with van der Waals surface area (Å²) in [5.41, 5.74) is 4.57. The van der Waals surface area contributed by atoms with E-state index in [-0.39, 0.29) is 24.7 Å². The number of para-hydroxylation sites is 1. The summed E-state index contributed by atoms with van der Waals surface area (Å²) < 4.78 is 0.970. The third-order valence-corrected chi connectivity index (χ3v) is 4.20. The van der Waals surface area contributed by atoms with E-state index in [9.17, 15) is 9.59 Å². The van der Waals surface area contributed by atoms with Crippen LogP contribution in [0.25, 0.3) is 0 Å². The van der Waals surface area contributed by atoms with Gasteiger partial charge in [0.1, 0.15) is 0 Å². The molecule has 2 amide bonds. The number of hydrogen-bond donors (Lipinski definition) is 2. The fourth-order valence-corrected chi connectivity index (χ4v) is 2.41. The highest BCUT2D eigenvalue weighted by Gasteiger charge is 2.08. The second-order valence-electron chi connectivity index (χ2n) is 5.27. The second kappa shape index (κ2) is 9.34. The van der Waals surface area contributed by atoms with Gasteiger partial charge in [-0.3, -0.25) is 9.59 Å². The molecule has 0 aliphatic carbocycles. The Morgan fingerprint density at radius 1 is 1.04 bits per heavy atom. The third kappa shape index (κ3) is 6.32. The minimum Gasteiger partial charge on any atom is -0.325 e. The van der Waals surface area contributed by atoms with Crippen molar-refractivity contribution in [2.45, 2.75) is 19.8 Å². The Kier molecular flexibility index (Phi) is 7.16. The summed E-state index contributed by atoms with van der Waals surface area (Å²) in [4.78, 5) is 23.7. The van der Waals surface area contributed by atoms with Crippen molar-refractivity contribution in [3.05, 3.63) is 63.6 Å². The molecule has 0 unspecified atom stereocenters. The number of amides is 2. The number of nitrogens with one attached hydrogen (secondary N) is 2. The van der Waals surface area contributed by atoms with Gasteiger partial charge in [0.05, 0.1) is 16.4 Å². The topological polar surface area (TPSA) is 70.6 Å². The highest BCUT2D eigenvalue weighted by Crippen LogP contribution is 2.20. The monoisotopic (exact) mass is 421 g/mol. The van der Waals surface area contributed by atoms with Gasteiger partial charge >= 0.3 is 0 Å². The van der Waals surface area contributed by atoms with Crippen molar-refractivity contribution in [1.29, 1.82) is 0 Å². The van der Waals surface area contributed by atoms with Gasteiger partial charge in [-0.25, -0.2) is 5.43 Å². The standard InChI is InChI=1S/C18H17BrClN3O2/c1-12(13-6-8-14(19)9-7-13)22-23-18(25)11-10-17(24)21-16-5-3-2-4-15(16)20/h2-9H,10-11H2,1H3,(H,21,24)(H,23,25). The van der Waals surface area contributed by atoms with Crippen LogP contribution in [0.4, 0.5) is 5.69 Å². The van der Waals surface area contributed by atoms with Crippen LogP contribution in [0.5, 0.6) is 0 Å². The normalized spacial score (nSPS) is 11.1. The first-order valence-electron chi connectivity index (χ1n) is 7.59. The van der Waals surface area contributed by atoms with Gasteiger partial charge < -0.3 is 5.32 Å². The van der Waals surface area contributed by atoms with Gasteiger partial charge in [0.25, 0.3) is 0 Å². The lowest BCUT2D eigenvalue weighted by Gasteiger charge is -2.06. The summed E-state index contributed by atoms with van der Waals surface area (Å²) in [6.45, 7) is 1.80. The zero-order chi connectivity index (χ0) is 18.2. The van der Waals surface area contributed by atoms with Crippen molar-refractivity contribution in [3.63, 3.8) is 0 Å². The lowest BCUT2D eigenvalue weighted by Crippen LogP contribution is -2.21. The van der Waals surface area contributed by atoms with Crippen LogP contribution in [0.15, 0.2) is 58.1 Å². The van der Waals surface area contributed by atoms with Crippen LogP contribution in [0.3, 0.4) is 0 Å².